The highest BCUT2D eigenvalue weighted by atomic mass is 16.2. The van der Waals surface area contributed by atoms with Gasteiger partial charge in [0.15, 0.2) is 0 Å². The zero-order valence-corrected chi connectivity index (χ0v) is 24.7. The van der Waals surface area contributed by atoms with E-state index in [1.54, 1.807) is 0 Å². The number of hydrogen-bond acceptors (Lipinski definition) is 2. The van der Waals surface area contributed by atoms with Crippen LogP contribution in [0.15, 0.2) is 115 Å². The summed E-state index contributed by atoms with van der Waals surface area (Å²) in [6.07, 6.45) is 4.02. The molecular formula is C38H44N2O. The number of hydrogen-bond donors (Lipinski definition) is 0. The van der Waals surface area contributed by atoms with E-state index in [1.165, 1.54) is 27.8 Å². The normalized spacial score (nSPS) is 14.9. The van der Waals surface area contributed by atoms with Crippen LogP contribution in [0.4, 0.5) is 0 Å². The van der Waals surface area contributed by atoms with E-state index in [9.17, 15) is 4.79 Å². The molecule has 0 radical (unpaired) electrons. The van der Waals surface area contributed by atoms with Crippen molar-refractivity contribution in [3.05, 3.63) is 132 Å². The molecule has 1 heterocycles. The van der Waals surface area contributed by atoms with Crippen LogP contribution in [0.5, 0.6) is 0 Å². The van der Waals surface area contributed by atoms with Crippen molar-refractivity contribution < 1.29 is 4.79 Å². The van der Waals surface area contributed by atoms with Crippen LogP contribution in [0.3, 0.4) is 0 Å². The minimum Gasteiger partial charge on any atom is -0.342 e. The molecule has 1 aliphatic rings. The molecular weight excluding hydrogens is 500 g/mol. The molecule has 0 saturated carbocycles. The van der Waals surface area contributed by atoms with Crippen LogP contribution >= 0.6 is 0 Å². The summed E-state index contributed by atoms with van der Waals surface area (Å²) in [5.41, 5.74) is 6.40. The molecule has 41 heavy (non-hydrogen) atoms. The van der Waals surface area contributed by atoms with Gasteiger partial charge in [-0.1, -0.05) is 129 Å². The van der Waals surface area contributed by atoms with Crippen molar-refractivity contribution in [2.75, 3.05) is 13.1 Å². The lowest BCUT2D eigenvalue weighted by atomic mass is 9.85. The van der Waals surface area contributed by atoms with Crippen LogP contribution in [0.25, 0.3) is 11.1 Å². The van der Waals surface area contributed by atoms with E-state index in [0.29, 0.717) is 11.8 Å². The Morgan fingerprint density at radius 1 is 0.659 bits per heavy atom. The number of rotatable bonds is 12. The Balaban J connectivity index is 1.46. The van der Waals surface area contributed by atoms with E-state index in [0.717, 1.165) is 51.9 Å². The lowest BCUT2D eigenvalue weighted by Gasteiger charge is -2.36. The Morgan fingerprint density at radius 2 is 1.15 bits per heavy atom. The highest BCUT2D eigenvalue weighted by Crippen LogP contribution is 2.29. The van der Waals surface area contributed by atoms with E-state index in [4.69, 9.17) is 0 Å². The van der Waals surface area contributed by atoms with Crippen molar-refractivity contribution >= 4 is 5.91 Å². The molecule has 5 rings (SSSR count). The Labute approximate surface area is 246 Å². The van der Waals surface area contributed by atoms with Gasteiger partial charge in [-0.15, -0.1) is 0 Å². The number of likely N-dealkylation sites (tertiary alicyclic amines) is 1. The number of nitrogens with zero attached hydrogens (tertiary/aromatic N) is 2. The second kappa shape index (κ2) is 14.3. The molecule has 1 saturated heterocycles. The second-order valence-electron chi connectivity index (χ2n) is 11.9. The van der Waals surface area contributed by atoms with Gasteiger partial charge >= 0.3 is 0 Å². The van der Waals surface area contributed by atoms with Crippen LogP contribution in [-0.2, 0) is 24.3 Å². The third kappa shape index (κ3) is 7.95. The highest BCUT2D eigenvalue weighted by Gasteiger charge is 2.33. The average molecular weight is 545 g/mol. The lowest BCUT2D eigenvalue weighted by Crippen LogP contribution is -2.43. The van der Waals surface area contributed by atoms with Gasteiger partial charge in [0.05, 0.1) is 0 Å². The lowest BCUT2D eigenvalue weighted by molar-refractivity contribution is -0.136. The second-order valence-corrected chi connectivity index (χ2v) is 11.9. The van der Waals surface area contributed by atoms with Gasteiger partial charge in [-0.05, 0) is 59.4 Å². The predicted octanol–water partition coefficient (Wildman–Crippen LogP) is 8.25. The van der Waals surface area contributed by atoms with E-state index in [-0.39, 0.29) is 12.0 Å². The molecule has 3 nitrogen and oxygen atoms in total. The van der Waals surface area contributed by atoms with Gasteiger partial charge in [-0.25, -0.2) is 0 Å². The smallest absolute Gasteiger partial charge is 0.225 e. The molecule has 1 amide bonds. The maximum Gasteiger partial charge on any atom is 0.225 e. The number of amides is 1. The Kier molecular flexibility index (Phi) is 10.0. The van der Waals surface area contributed by atoms with Crippen molar-refractivity contribution in [1.82, 2.24) is 9.80 Å². The quantitative estimate of drug-likeness (QED) is 0.179. The standard InChI is InChI=1S/C38H44N2O/c1-30(2)37(38(41)39-24-12-13-25-39)27-36(26-31-20-22-35(23-21-31)34-18-10-5-11-19-34)40(28-32-14-6-3-7-15-32)29-33-16-8-4-9-17-33/h3-11,14-23,30,36-37H,12-13,24-29H2,1-2H3/t36-,37-/m1/s1. The summed E-state index contributed by atoms with van der Waals surface area (Å²) in [6, 6.07) is 41.4. The van der Waals surface area contributed by atoms with Crippen molar-refractivity contribution in [3.63, 3.8) is 0 Å². The van der Waals surface area contributed by atoms with Crippen molar-refractivity contribution in [1.29, 1.82) is 0 Å². The SMILES string of the molecule is CC(C)[C@@H](C[C@@H](Cc1ccc(-c2ccccc2)cc1)N(Cc1ccccc1)Cc1ccccc1)C(=O)N1CCCC1. The third-order valence-corrected chi connectivity index (χ3v) is 8.57. The fraction of sp³-hybridized carbons (Fsp3) is 0.342. The number of carbonyl (C=O) groups excluding carboxylic acids is 1. The first kappa shape index (κ1) is 28.8. The molecule has 1 fully saturated rings. The molecule has 3 heteroatoms. The molecule has 1 aliphatic heterocycles. The van der Waals surface area contributed by atoms with Gasteiger partial charge in [-0.3, -0.25) is 9.69 Å². The zero-order valence-electron chi connectivity index (χ0n) is 24.7. The molecule has 0 N–H and O–H groups in total. The summed E-state index contributed by atoms with van der Waals surface area (Å²) in [5, 5.41) is 0. The fourth-order valence-corrected chi connectivity index (χ4v) is 6.17. The first-order chi connectivity index (χ1) is 20.1. The Bertz CT molecular complexity index is 1290. The first-order valence-corrected chi connectivity index (χ1v) is 15.3. The zero-order chi connectivity index (χ0) is 28.4. The maximum absolute atomic E-state index is 13.8. The van der Waals surface area contributed by atoms with Crippen LogP contribution in [0.1, 0.15) is 49.8 Å². The Hall–Kier alpha value is -3.69. The largest absolute Gasteiger partial charge is 0.342 e. The number of benzene rings is 4. The van der Waals surface area contributed by atoms with Gasteiger partial charge in [0.1, 0.15) is 0 Å². The van der Waals surface area contributed by atoms with Gasteiger partial charge in [0, 0.05) is 38.1 Å². The molecule has 4 aromatic rings. The van der Waals surface area contributed by atoms with Crippen LogP contribution in [0, 0.1) is 11.8 Å². The summed E-state index contributed by atoms with van der Waals surface area (Å²) in [4.78, 5) is 18.6. The first-order valence-electron chi connectivity index (χ1n) is 15.3. The highest BCUT2D eigenvalue weighted by molar-refractivity contribution is 5.79. The van der Waals surface area contributed by atoms with Crippen molar-refractivity contribution in [2.45, 2.75) is 58.7 Å². The average Bonchev–Trinajstić information content (AvgIpc) is 3.56. The Morgan fingerprint density at radius 3 is 1.66 bits per heavy atom. The van der Waals surface area contributed by atoms with E-state index in [1.807, 2.05) is 0 Å². The minimum atomic E-state index is 0.00994. The van der Waals surface area contributed by atoms with Crippen LogP contribution in [0.2, 0.25) is 0 Å². The molecule has 0 aromatic heterocycles. The molecule has 212 valence electrons. The van der Waals surface area contributed by atoms with Gasteiger partial charge in [0.25, 0.3) is 0 Å². The minimum absolute atomic E-state index is 0.00994. The van der Waals surface area contributed by atoms with Crippen LogP contribution < -0.4 is 0 Å². The summed E-state index contributed by atoms with van der Waals surface area (Å²) in [5.74, 6) is 0.651. The summed E-state index contributed by atoms with van der Waals surface area (Å²) < 4.78 is 0. The number of carbonyl (C=O) groups is 1. The van der Waals surface area contributed by atoms with Gasteiger partial charge in [-0.2, -0.15) is 0 Å². The van der Waals surface area contributed by atoms with E-state index >= 15 is 0 Å². The van der Waals surface area contributed by atoms with Crippen LogP contribution in [-0.4, -0.2) is 34.8 Å². The molecule has 0 aliphatic carbocycles. The van der Waals surface area contributed by atoms with E-state index < -0.39 is 0 Å². The summed E-state index contributed by atoms with van der Waals surface area (Å²) in [6.45, 7) is 7.97. The monoisotopic (exact) mass is 544 g/mol. The summed E-state index contributed by atoms with van der Waals surface area (Å²) >= 11 is 0. The maximum atomic E-state index is 13.8. The molecule has 0 unspecified atom stereocenters. The van der Waals surface area contributed by atoms with Crippen molar-refractivity contribution in [2.24, 2.45) is 11.8 Å². The topological polar surface area (TPSA) is 23.6 Å². The van der Waals surface area contributed by atoms with Gasteiger partial charge in [0.2, 0.25) is 5.91 Å². The summed E-state index contributed by atoms with van der Waals surface area (Å²) in [7, 11) is 0. The molecule has 0 bridgehead atoms. The molecule has 4 aromatic carbocycles. The third-order valence-electron chi connectivity index (χ3n) is 8.57. The van der Waals surface area contributed by atoms with Gasteiger partial charge < -0.3 is 4.90 Å². The predicted molar refractivity (Wildman–Crippen MR) is 170 cm³/mol. The van der Waals surface area contributed by atoms with E-state index in [2.05, 4.69) is 139 Å². The molecule has 0 spiro atoms. The van der Waals surface area contributed by atoms with Crippen molar-refractivity contribution in [3.8, 4) is 11.1 Å². The molecule has 2 atom stereocenters. The fourth-order valence-electron chi connectivity index (χ4n) is 6.17.